The van der Waals surface area contributed by atoms with E-state index in [0.717, 1.165) is 32.8 Å². The molecular formula is C18H17ClN2OS2. The zero-order valence-corrected chi connectivity index (χ0v) is 15.5. The fourth-order valence-electron chi connectivity index (χ4n) is 3.00. The quantitative estimate of drug-likeness (QED) is 0.339. The third-order valence-electron chi connectivity index (χ3n) is 4.12. The van der Waals surface area contributed by atoms with E-state index in [2.05, 4.69) is 9.97 Å². The summed E-state index contributed by atoms with van der Waals surface area (Å²) in [6, 6.07) is 7.47. The van der Waals surface area contributed by atoms with Crippen molar-refractivity contribution < 1.29 is 4.74 Å². The number of hydrogen-bond donors (Lipinski definition) is 0. The summed E-state index contributed by atoms with van der Waals surface area (Å²) in [6.07, 6.45) is 6.62. The smallest absolute Gasteiger partial charge is 0.128 e. The molecule has 0 amide bonds. The van der Waals surface area contributed by atoms with E-state index in [1.54, 1.807) is 18.1 Å². The van der Waals surface area contributed by atoms with Crippen LogP contribution in [0, 0.1) is 0 Å². The van der Waals surface area contributed by atoms with Gasteiger partial charge in [-0.15, -0.1) is 23.1 Å². The molecule has 0 atom stereocenters. The number of benzene rings is 1. The monoisotopic (exact) mass is 376 g/mol. The Morgan fingerprint density at radius 3 is 2.83 bits per heavy atom. The van der Waals surface area contributed by atoms with Gasteiger partial charge in [0.1, 0.15) is 21.9 Å². The summed E-state index contributed by atoms with van der Waals surface area (Å²) in [5.41, 5.74) is 1.49. The van der Waals surface area contributed by atoms with E-state index in [1.807, 2.05) is 35.6 Å². The molecule has 0 aliphatic heterocycles. The van der Waals surface area contributed by atoms with Gasteiger partial charge in [-0.1, -0.05) is 11.6 Å². The Morgan fingerprint density at radius 1 is 1.12 bits per heavy atom. The SMILES string of the molecule is Clc1ccc(OCCSc2ncnc3sc4c(c23)CCCC4)cc1. The number of rotatable bonds is 5. The lowest BCUT2D eigenvalue weighted by Gasteiger charge is -2.11. The maximum Gasteiger partial charge on any atom is 0.128 e. The molecule has 3 nitrogen and oxygen atoms in total. The molecule has 0 radical (unpaired) electrons. The standard InChI is InChI=1S/C18H17ClN2OS2/c19-12-5-7-13(8-6-12)22-9-10-23-17-16-14-3-1-2-4-15(14)24-18(16)21-11-20-17/h5-8,11H,1-4,9-10H2. The number of thiophene rings is 1. The highest BCUT2D eigenvalue weighted by molar-refractivity contribution is 7.99. The largest absolute Gasteiger partial charge is 0.493 e. The van der Waals surface area contributed by atoms with Gasteiger partial charge in [0.25, 0.3) is 0 Å². The molecular weight excluding hydrogens is 360 g/mol. The Hall–Kier alpha value is -1.30. The van der Waals surface area contributed by atoms with Gasteiger partial charge in [0.15, 0.2) is 0 Å². The molecule has 0 unspecified atom stereocenters. The molecule has 0 saturated carbocycles. The van der Waals surface area contributed by atoms with Crippen LogP contribution < -0.4 is 4.74 Å². The Morgan fingerprint density at radius 2 is 1.96 bits per heavy atom. The summed E-state index contributed by atoms with van der Waals surface area (Å²) in [7, 11) is 0. The molecule has 124 valence electrons. The number of nitrogens with zero attached hydrogens (tertiary/aromatic N) is 2. The molecule has 6 heteroatoms. The minimum absolute atomic E-state index is 0.643. The molecule has 0 fully saturated rings. The second-order valence-electron chi connectivity index (χ2n) is 5.72. The van der Waals surface area contributed by atoms with Crippen molar-refractivity contribution in [3.63, 3.8) is 0 Å². The Kier molecular flexibility index (Phi) is 4.92. The number of aryl methyl sites for hydroxylation is 2. The van der Waals surface area contributed by atoms with Gasteiger partial charge in [-0.3, -0.25) is 0 Å². The van der Waals surface area contributed by atoms with Crippen LogP contribution in [0.4, 0.5) is 0 Å². The van der Waals surface area contributed by atoms with Crippen LogP contribution in [0.25, 0.3) is 10.2 Å². The molecule has 0 saturated heterocycles. The second kappa shape index (κ2) is 7.30. The van der Waals surface area contributed by atoms with Gasteiger partial charge in [0.2, 0.25) is 0 Å². The van der Waals surface area contributed by atoms with Crippen molar-refractivity contribution in [1.82, 2.24) is 9.97 Å². The van der Waals surface area contributed by atoms with Crippen LogP contribution in [0.5, 0.6) is 5.75 Å². The lowest BCUT2D eigenvalue weighted by Crippen LogP contribution is -2.01. The Labute approximate surface area is 154 Å². The van der Waals surface area contributed by atoms with Gasteiger partial charge in [-0.2, -0.15) is 0 Å². The molecule has 3 aromatic rings. The molecule has 24 heavy (non-hydrogen) atoms. The number of fused-ring (bicyclic) bond motifs is 3. The number of thioether (sulfide) groups is 1. The molecule has 4 rings (SSSR count). The van der Waals surface area contributed by atoms with Crippen molar-refractivity contribution in [3.05, 3.63) is 46.1 Å². The molecule has 1 aliphatic carbocycles. The molecule has 1 aromatic carbocycles. The second-order valence-corrected chi connectivity index (χ2v) is 8.32. The Bertz CT molecular complexity index is 848. The summed E-state index contributed by atoms with van der Waals surface area (Å²) < 4.78 is 5.77. The third-order valence-corrected chi connectivity index (χ3v) is 6.53. The summed E-state index contributed by atoms with van der Waals surface area (Å²) in [5.74, 6) is 1.71. The van der Waals surface area contributed by atoms with Gasteiger partial charge in [-0.05, 0) is 55.5 Å². The number of ether oxygens (including phenoxy) is 1. The third kappa shape index (κ3) is 3.39. The summed E-state index contributed by atoms with van der Waals surface area (Å²) in [6.45, 7) is 0.643. The normalized spacial score (nSPS) is 13.9. The number of halogens is 1. The molecule has 2 heterocycles. The lowest BCUT2D eigenvalue weighted by molar-refractivity contribution is 0.344. The highest BCUT2D eigenvalue weighted by Gasteiger charge is 2.19. The average molecular weight is 377 g/mol. The first-order chi connectivity index (χ1) is 11.8. The van der Waals surface area contributed by atoms with Crippen LogP contribution in [0.1, 0.15) is 23.3 Å². The van der Waals surface area contributed by atoms with E-state index < -0.39 is 0 Å². The van der Waals surface area contributed by atoms with E-state index in [4.69, 9.17) is 16.3 Å². The van der Waals surface area contributed by atoms with Crippen LogP contribution in [0.3, 0.4) is 0 Å². The van der Waals surface area contributed by atoms with Crippen LogP contribution in [0.15, 0.2) is 35.6 Å². The zero-order chi connectivity index (χ0) is 16.4. The zero-order valence-electron chi connectivity index (χ0n) is 13.1. The van der Waals surface area contributed by atoms with E-state index in [-0.39, 0.29) is 0 Å². The van der Waals surface area contributed by atoms with Crippen LogP contribution in [0.2, 0.25) is 5.02 Å². The molecule has 0 spiro atoms. The summed E-state index contributed by atoms with van der Waals surface area (Å²) in [4.78, 5) is 11.7. The fourth-order valence-corrected chi connectivity index (χ4v) is 5.26. The predicted octanol–water partition coefficient (Wildman–Crippen LogP) is 5.39. The van der Waals surface area contributed by atoms with Gasteiger partial charge in [-0.25, -0.2) is 9.97 Å². The van der Waals surface area contributed by atoms with Gasteiger partial charge >= 0.3 is 0 Å². The van der Waals surface area contributed by atoms with E-state index >= 15 is 0 Å². The van der Waals surface area contributed by atoms with Crippen LogP contribution in [-0.2, 0) is 12.8 Å². The van der Waals surface area contributed by atoms with Gasteiger partial charge in [0.05, 0.1) is 6.61 Å². The Balaban J connectivity index is 1.44. The predicted molar refractivity (Wildman–Crippen MR) is 102 cm³/mol. The van der Waals surface area contributed by atoms with E-state index in [9.17, 15) is 0 Å². The summed E-state index contributed by atoms with van der Waals surface area (Å²) >= 11 is 9.48. The average Bonchev–Trinajstić information content (AvgIpc) is 2.99. The van der Waals surface area contributed by atoms with E-state index in [1.165, 1.54) is 35.1 Å². The maximum absolute atomic E-state index is 5.88. The molecule has 0 bridgehead atoms. The first kappa shape index (κ1) is 16.2. The minimum atomic E-state index is 0.643. The van der Waals surface area contributed by atoms with Crippen molar-refractivity contribution >= 4 is 44.9 Å². The van der Waals surface area contributed by atoms with Crippen molar-refractivity contribution in [2.45, 2.75) is 30.7 Å². The number of aromatic nitrogens is 2. The van der Waals surface area contributed by atoms with E-state index in [0.29, 0.717) is 6.61 Å². The minimum Gasteiger partial charge on any atom is -0.493 e. The van der Waals surface area contributed by atoms with Crippen molar-refractivity contribution in [2.75, 3.05) is 12.4 Å². The molecule has 2 aromatic heterocycles. The fraction of sp³-hybridized carbons (Fsp3) is 0.333. The first-order valence-corrected chi connectivity index (χ1v) is 10.3. The van der Waals surface area contributed by atoms with Crippen molar-refractivity contribution in [3.8, 4) is 5.75 Å². The summed E-state index contributed by atoms with van der Waals surface area (Å²) in [5, 5.41) is 3.11. The lowest BCUT2D eigenvalue weighted by atomic mass is 9.97. The molecule has 0 N–H and O–H groups in total. The van der Waals surface area contributed by atoms with Gasteiger partial charge < -0.3 is 4.74 Å². The van der Waals surface area contributed by atoms with Gasteiger partial charge in [0, 0.05) is 21.0 Å². The number of hydrogen-bond acceptors (Lipinski definition) is 5. The van der Waals surface area contributed by atoms with Crippen molar-refractivity contribution in [2.24, 2.45) is 0 Å². The first-order valence-electron chi connectivity index (χ1n) is 8.07. The van der Waals surface area contributed by atoms with Crippen LogP contribution >= 0.6 is 34.7 Å². The van der Waals surface area contributed by atoms with Crippen molar-refractivity contribution in [1.29, 1.82) is 0 Å². The maximum atomic E-state index is 5.88. The topological polar surface area (TPSA) is 35.0 Å². The highest BCUT2D eigenvalue weighted by Crippen LogP contribution is 2.39. The highest BCUT2D eigenvalue weighted by atomic mass is 35.5. The van der Waals surface area contributed by atoms with Crippen LogP contribution in [-0.4, -0.2) is 22.3 Å². The molecule has 1 aliphatic rings.